The Morgan fingerprint density at radius 1 is 1.19 bits per heavy atom. The second-order valence-corrected chi connectivity index (χ2v) is 8.24. The molecule has 1 N–H and O–H groups in total. The van der Waals surface area contributed by atoms with Gasteiger partial charge in [0.05, 0.1) is 4.70 Å². The number of fused-ring (bicyclic) bond motifs is 4. The van der Waals surface area contributed by atoms with E-state index in [9.17, 15) is 9.18 Å². The van der Waals surface area contributed by atoms with Crippen molar-refractivity contribution in [2.75, 3.05) is 19.6 Å². The molecule has 3 saturated heterocycles. The van der Waals surface area contributed by atoms with E-state index in [1.165, 1.54) is 17.6 Å². The highest BCUT2D eigenvalue weighted by Gasteiger charge is 2.35. The van der Waals surface area contributed by atoms with Gasteiger partial charge in [-0.25, -0.2) is 4.39 Å². The van der Waals surface area contributed by atoms with Crippen LogP contribution in [-0.2, 0) is 0 Å². The number of rotatable bonds is 3. The summed E-state index contributed by atoms with van der Waals surface area (Å²) in [6.45, 7) is 3.24. The van der Waals surface area contributed by atoms with E-state index >= 15 is 0 Å². The number of nitrogens with zero attached hydrogens (tertiary/aromatic N) is 2. The van der Waals surface area contributed by atoms with E-state index in [1.54, 1.807) is 12.1 Å². The third-order valence-corrected chi connectivity index (χ3v) is 6.65. The van der Waals surface area contributed by atoms with Crippen LogP contribution in [0.15, 0.2) is 42.5 Å². The number of halogens is 1. The Bertz CT molecular complexity index is 1010. The van der Waals surface area contributed by atoms with Crippen molar-refractivity contribution in [1.29, 1.82) is 0 Å². The minimum absolute atomic E-state index is 0.0985. The molecule has 0 radical (unpaired) electrons. The molecule has 138 valence electrons. The normalized spacial score (nSPS) is 24.3. The zero-order chi connectivity index (χ0) is 18.4. The van der Waals surface area contributed by atoms with Crippen LogP contribution < -0.4 is 5.32 Å². The third-order valence-electron chi connectivity index (χ3n) is 5.84. The van der Waals surface area contributed by atoms with Crippen LogP contribution in [0.1, 0.15) is 23.3 Å². The first-order chi connectivity index (χ1) is 13.2. The Hall–Kier alpha value is -2.31. The molecular formula is C21H20FN3OS. The number of hydrogen-bond donors (Lipinski definition) is 1. The maximum atomic E-state index is 14.1. The second kappa shape index (κ2) is 6.69. The second-order valence-electron chi connectivity index (χ2n) is 7.44. The number of benzene rings is 2. The summed E-state index contributed by atoms with van der Waals surface area (Å²) in [7, 11) is 0. The first-order valence-corrected chi connectivity index (χ1v) is 10.1. The number of carbonyl (C=O) groups excluding carboxylic acids is 1. The lowest BCUT2D eigenvalue weighted by Gasteiger charge is -2.44. The van der Waals surface area contributed by atoms with Gasteiger partial charge in [0.1, 0.15) is 11.5 Å². The van der Waals surface area contributed by atoms with Gasteiger partial charge in [-0.3, -0.25) is 4.79 Å². The van der Waals surface area contributed by atoms with Gasteiger partial charge in [-0.15, -0.1) is 0 Å². The largest absolute Gasteiger partial charge is 0.346 e. The molecule has 27 heavy (non-hydrogen) atoms. The van der Waals surface area contributed by atoms with Crippen molar-refractivity contribution in [2.45, 2.75) is 18.9 Å². The topological polar surface area (TPSA) is 45.2 Å². The Morgan fingerprint density at radius 3 is 2.74 bits per heavy atom. The van der Waals surface area contributed by atoms with Crippen molar-refractivity contribution in [2.24, 2.45) is 5.92 Å². The van der Waals surface area contributed by atoms with Crippen molar-refractivity contribution >= 4 is 27.5 Å². The number of aromatic nitrogens is 1. The zero-order valence-electron chi connectivity index (χ0n) is 14.8. The van der Waals surface area contributed by atoms with Crippen LogP contribution in [0.2, 0.25) is 0 Å². The van der Waals surface area contributed by atoms with E-state index in [2.05, 4.69) is 14.6 Å². The van der Waals surface area contributed by atoms with Crippen LogP contribution in [0.5, 0.6) is 0 Å². The molecule has 1 aromatic heterocycles. The smallest absolute Gasteiger partial charge is 0.271 e. The van der Waals surface area contributed by atoms with Gasteiger partial charge in [0.15, 0.2) is 0 Å². The molecule has 4 nitrogen and oxygen atoms in total. The van der Waals surface area contributed by atoms with Gasteiger partial charge in [0.2, 0.25) is 0 Å². The summed E-state index contributed by atoms with van der Waals surface area (Å²) in [6, 6.07) is 12.6. The maximum Gasteiger partial charge on any atom is 0.271 e. The average molecular weight is 381 g/mol. The van der Waals surface area contributed by atoms with Crippen molar-refractivity contribution in [1.82, 2.24) is 14.6 Å². The van der Waals surface area contributed by atoms with E-state index in [-0.39, 0.29) is 17.8 Å². The van der Waals surface area contributed by atoms with Gasteiger partial charge in [0, 0.05) is 23.5 Å². The highest BCUT2D eigenvalue weighted by molar-refractivity contribution is 7.13. The van der Waals surface area contributed by atoms with E-state index in [1.807, 2.05) is 24.3 Å². The van der Waals surface area contributed by atoms with Crippen molar-refractivity contribution < 1.29 is 9.18 Å². The van der Waals surface area contributed by atoms with Gasteiger partial charge < -0.3 is 10.2 Å². The Kier molecular flexibility index (Phi) is 4.17. The number of piperidine rings is 3. The zero-order valence-corrected chi connectivity index (χ0v) is 15.6. The standard InChI is InChI=1S/C21H20FN3OS/c22-17-4-2-1-3-15(17)14-5-6-16-19(11-14)27-24-20(16)21(26)23-18-12-25-9-7-13(18)8-10-25/h1-6,11,13,18H,7-10,12H2,(H,23,26). The van der Waals surface area contributed by atoms with E-state index in [0.717, 1.165) is 48.1 Å². The van der Waals surface area contributed by atoms with Gasteiger partial charge in [-0.2, -0.15) is 4.37 Å². The monoisotopic (exact) mass is 381 g/mol. The molecule has 0 saturated carbocycles. The number of carbonyl (C=O) groups is 1. The van der Waals surface area contributed by atoms with Gasteiger partial charge in [0.25, 0.3) is 5.91 Å². The van der Waals surface area contributed by atoms with Gasteiger partial charge in [-0.05, 0) is 61.1 Å². The minimum atomic E-state index is -0.248. The molecule has 3 fully saturated rings. The highest BCUT2D eigenvalue weighted by Crippen LogP contribution is 2.31. The lowest BCUT2D eigenvalue weighted by molar-refractivity contribution is 0.0619. The quantitative estimate of drug-likeness (QED) is 0.748. The molecule has 4 heterocycles. The summed E-state index contributed by atoms with van der Waals surface area (Å²) >= 11 is 1.29. The molecule has 0 aliphatic carbocycles. The number of nitrogens with one attached hydrogen (secondary N) is 1. The molecule has 6 rings (SSSR count). The summed E-state index contributed by atoms with van der Waals surface area (Å²) in [5.41, 5.74) is 1.84. The fraction of sp³-hybridized carbons (Fsp3) is 0.333. The maximum absolute atomic E-state index is 14.1. The first-order valence-electron chi connectivity index (χ1n) is 9.36. The molecule has 1 unspecified atom stereocenters. The van der Waals surface area contributed by atoms with Crippen LogP contribution in [-0.4, -0.2) is 40.9 Å². The molecule has 1 amide bonds. The van der Waals surface area contributed by atoms with Gasteiger partial charge in [-0.1, -0.05) is 30.3 Å². The SMILES string of the molecule is O=C(NC1CN2CCC1CC2)c1nsc2cc(-c3ccccc3F)ccc12. The molecular weight excluding hydrogens is 361 g/mol. The van der Waals surface area contributed by atoms with E-state index < -0.39 is 0 Å². The lowest BCUT2D eigenvalue weighted by atomic mass is 9.84. The lowest BCUT2D eigenvalue weighted by Crippen LogP contribution is -2.57. The first kappa shape index (κ1) is 16.8. The minimum Gasteiger partial charge on any atom is -0.346 e. The molecule has 3 aliphatic heterocycles. The van der Waals surface area contributed by atoms with Crippen LogP contribution in [0.25, 0.3) is 21.2 Å². The van der Waals surface area contributed by atoms with Crippen LogP contribution in [0, 0.1) is 11.7 Å². The molecule has 3 aliphatic rings. The predicted molar refractivity (Wildman–Crippen MR) is 105 cm³/mol. The fourth-order valence-electron chi connectivity index (χ4n) is 4.33. The van der Waals surface area contributed by atoms with Gasteiger partial charge >= 0.3 is 0 Å². The van der Waals surface area contributed by atoms with Crippen LogP contribution in [0.3, 0.4) is 0 Å². The Labute approximate surface area is 161 Å². The number of hydrogen-bond acceptors (Lipinski definition) is 4. The summed E-state index contributed by atoms with van der Waals surface area (Å²) in [4.78, 5) is 15.2. The summed E-state index contributed by atoms with van der Waals surface area (Å²) in [5, 5.41) is 4.04. The molecule has 2 bridgehead atoms. The summed E-state index contributed by atoms with van der Waals surface area (Å²) < 4.78 is 19.4. The summed E-state index contributed by atoms with van der Waals surface area (Å²) in [5.74, 6) is 0.233. The Balaban J connectivity index is 1.41. The highest BCUT2D eigenvalue weighted by atomic mass is 32.1. The van der Waals surface area contributed by atoms with E-state index in [0.29, 0.717) is 17.2 Å². The van der Waals surface area contributed by atoms with Crippen molar-refractivity contribution in [3.63, 3.8) is 0 Å². The number of amides is 1. The summed E-state index contributed by atoms with van der Waals surface area (Å²) in [6.07, 6.45) is 2.32. The Morgan fingerprint density at radius 2 is 2.00 bits per heavy atom. The van der Waals surface area contributed by atoms with Crippen molar-refractivity contribution in [3.8, 4) is 11.1 Å². The molecule has 0 spiro atoms. The van der Waals surface area contributed by atoms with Crippen molar-refractivity contribution in [3.05, 3.63) is 54.0 Å². The fourth-order valence-corrected chi connectivity index (χ4v) is 5.14. The molecule has 2 aromatic carbocycles. The predicted octanol–water partition coefficient (Wildman–Crippen LogP) is 3.93. The van der Waals surface area contributed by atoms with Crippen LogP contribution in [0.4, 0.5) is 4.39 Å². The van der Waals surface area contributed by atoms with Crippen LogP contribution >= 0.6 is 11.5 Å². The average Bonchev–Trinajstić information content (AvgIpc) is 3.12. The third kappa shape index (κ3) is 3.03. The molecule has 1 atom stereocenters. The molecule has 6 heteroatoms. The molecule has 3 aromatic rings. The van der Waals surface area contributed by atoms with E-state index in [4.69, 9.17) is 0 Å².